The van der Waals surface area contributed by atoms with Gasteiger partial charge in [0, 0.05) is 5.39 Å². The van der Waals surface area contributed by atoms with E-state index < -0.39 is 6.04 Å². The molecule has 0 saturated carbocycles. The molecule has 19 heavy (non-hydrogen) atoms. The maximum Gasteiger partial charge on any atom is 0.213 e. The van der Waals surface area contributed by atoms with Gasteiger partial charge >= 0.3 is 0 Å². The normalized spacial score (nSPS) is 12.5. The van der Waals surface area contributed by atoms with Crippen molar-refractivity contribution in [2.45, 2.75) is 6.04 Å². The first-order chi connectivity index (χ1) is 9.31. The molecule has 5 nitrogen and oxygen atoms in total. The van der Waals surface area contributed by atoms with Crippen LogP contribution in [-0.4, -0.2) is 17.3 Å². The molecule has 3 rings (SSSR count). The second-order valence-corrected chi connectivity index (χ2v) is 4.17. The Balaban J connectivity index is 2.20. The topological polar surface area (TPSA) is 74.2 Å². The third kappa shape index (κ3) is 1.94. The van der Waals surface area contributed by atoms with Crippen molar-refractivity contribution in [3.8, 4) is 5.75 Å². The largest absolute Gasteiger partial charge is 0.496 e. The van der Waals surface area contributed by atoms with E-state index in [0.717, 1.165) is 22.1 Å². The number of fused-ring (bicyclic) bond motifs is 1. The van der Waals surface area contributed by atoms with Crippen LogP contribution in [0.3, 0.4) is 0 Å². The molecule has 1 unspecified atom stereocenters. The minimum absolute atomic E-state index is 0.422. The molecule has 5 heteroatoms. The van der Waals surface area contributed by atoms with Crippen LogP contribution in [0.5, 0.6) is 5.75 Å². The number of ether oxygens (including phenoxy) is 1. The second-order valence-electron chi connectivity index (χ2n) is 4.17. The number of nitrogens with two attached hydrogens (primary N) is 1. The zero-order valence-corrected chi connectivity index (χ0v) is 10.4. The van der Waals surface area contributed by atoms with Crippen LogP contribution in [0.2, 0.25) is 0 Å². The van der Waals surface area contributed by atoms with Gasteiger partial charge in [-0.25, -0.2) is 0 Å². The summed E-state index contributed by atoms with van der Waals surface area (Å²) in [5.41, 5.74) is 7.13. The van der Waals surface area contributed by atoms with E-state index in [1.165, 1.54) is 6.39 Å². The number of rotatable bonds is 3. The zero-order chi connectivity index (χ0) is 13.2. The summed E-state index contributed by atoms with van der Waals surface area (Å²) in [5, 5.41) is 5.84. The van der Waals surface area contributed by atoms with Gasteiger partial charge < -0.3 is 15.0 Å². The molecule has 0 radical (unpaired) electrons. The van der Waals surface area contributed by atoms with Crippen LogP contribution >= 0.6 is 0 Å². The Kier molecular flexibility index (Phi) is 2.89. The van der Waals surface area contributed by atoms with Gasteiger partial charge in [-0.05, 0) is 17.0 Å². The molecule has 1 atom stereocenters. The lowest BCUT2D eigenvalue weighted by molar-refractivity contribution is 0.407. The molecule has 0 fully saturated rings. The van der Waals surface area contributed by atoms with Gasteiger partial charge in [-0.1, -0.05) is 35.5 Å². The lowest BCUT2D eigenvalue weighted by atomic mass is 9.98. The van der Waals surface area contributed by atoms with Crippen LogP contribution in [0, 0.1) is 0 Å². The van der Waals surface area contributed by atoms with Crippen LogP contribution in [0.1, 0.15) is 17.4 Å². The molecule has 2 aromatic carbocycles. The van der Waals surface area contributed by atoms with Crippen molar-refractivity contribution >= 4 is 10.8 Å². The Hall–Kier alpha value is -2.40. The van der Waals surface area contributed by atoms with Gasteiger partial charge in [0.1, 0.15) is 5.75 Å². The molecule has 1 heterocycles. The van der Waals surface area contributed by atoms with Gasteiger partial charge in [-0.3, -0.25) is 0 Å². The molecule has 0 bridgehead atoms. The highest BCUT2D eigenvalue weighted by atomic mass is 16.5. The number of benzene rings is 2. The fraction of sp³-hybridized carbons (Fsp3) is 0.143. The average molecular weight is 255 g/mol. The summed E-state index contributed by atoms with van der Waals surface area (Å²) in [6, 6.07) is 11.4. The monoisotopic (exact) mass is 255 g/mol. The van der Waals surface area contributed by atoms with Gasteiger partial charge in [0.05, 0.1) is 13.2 Å². The minimum atomic E-state index is -0.422. The number of methoxy groups -OCH3 is 1. The Morgan fingerprint density at radius 2 is 1.95 bits per heavy atom. The lowest BCUT2D eigenvalue weighted by Gasteiger charge is -2.13. The van der Waals surface area contributed by atoms with Crippen molar-refractivity contribution in [1.29, 1.82) is 0 Å². The summed E-state index contributed by atoms with van der Waals surface area (Å²) in [4.78, 5) is 4.01. The van der Waals surface area contributed by atoms with Crippen LogP contribution in [-0.2, 0) is 0 Å². The Morgan fingerprint density at radius 3 is 2.63 bits per heavy atom. The van der Waals surface area contributed by atoms with Gasteiger partial charge in [-0.15, -0.1) is 0 Å². The SMILES string of the molecule is COc1ccc(C(N)c2ncon2)c2ccccc12. The average Bonchev–Trinajstić information content (AvgIpc) is 2.99. The summed E-state index contributed by atoms with van der Waals surface area (Å²) >= 11 is 0. The fourth-order valence-corrected chi connectivity index (χ4v) is 2.20. The van der Waals surface area contributed by atoms with Crippen molar-refractivity contribution in [3.05, 3.63) is 54.2 Å². The predicted molar refractivity (Wildman–Crippen MR) is 70.8 cm³/mol. The van der Waals surface area contributed by atoms with E-state index in [2.05, 4.69) is 10.1 Å². The quantitative estimate of drug-likeness (QED) is 0.777. The van der Waals surface area contributed by atoms with Gasteiger partial charge in [0.2, 0.25) is 6.39 Å². The Bertz CT molecular complexity index is 695. The number of hydrogen-bond donors (Lipinski definition) is 1. The molecule has 2 N–H and O–H groups in total. The Labute approximate surface area is 110 Å². The van der Waals surface area contributed by atoms with E-state index in [1.54, 1.807) is 7.11 Å². The third-order valence-electron chi connectivity index (χ3n) is 3.13. The Morgan fingerprint density at radius 1 is 1.16 bits per heavy atom. The van der Waals surface area contributed by atoms with E-state index >= 15 is 0 Å². The standard InChI is InChI=1S/C14H13N3O2/c1-18-12-7-6-11(9-4-2-3-5-10(9)12)13(15)14-16-8-19-17-14/h2-8,13H,15H2,1H3. The van der Waals surface area contributed by atoms with E-state index in [9.17, 15) is 0 Å². The van der Waals surface area contributed by atoms with Crippen LogP contribution in [0.15, 0.2) is 47.3 Å². The maximum atomic E-state index is 6.19. The first-order valence-electron chi connectivity index (χ1n) is 5.88. The number of hydrogen-bond acceptors (Lipinski definition) is 5. The highest BCUT2D eigenvalue weighted by Crippen LogP contribution is 2.32. The maximum absolute atomic E-state index is 6.19. The van der Waals surface area contributed by atoms with Gasteiger partial charge in [0.15, 0.2) is 5.82 Å². The van der Waals surface area contributed by atoms with Crippen molar-refractivity contribution < 1.29 is 9.26 Å². The van der Waals surface area contributed by atoms with Crippen molar-refractivity contribution in [2.75, 3.05) is 7.11 Å². The van der Waals surface area contributed by atoms with Gasteiger partial charge in [-0.2, -0.15) is 4.98 Å². The molecule has 1 aromatic heterocycles. The summed E-state index contributed by atoms with van der Waals surface area (Å²) in [6.45, 7) is 0. The zero-order valence-electron chi connectivity index (χ0n) is 10.4. The predicted octanol–water partition coefficient (Wildman–Crippen LogP) is 2.28. The second kappa shape index (κ2) is 4.70. The first kappa shape index (κ1) is 11.7. The smallest absolute Gasteiger partial charge is 0.213 e. The third-order valence-corrected chi connectivity index (χ3v) is 3.13. The molecule has 0 amide bonds. The highest BCUT2D eigenvalue weighted by Gasteiger charge is 2.17. The summed E-state index contributed by atoms with van der Waals surface area (Å²) < 4.78 is 10.1. The summed E-state index contributed by atoms with van der Waals surface area (Å²) in [6.07, 6.45) is 1.28. The molecule has 0 aliphatic carbocycles. The number of aromatic nitrogens is 2. The summed E-state index contributed by atoms with van der Waals surface area (Å²) in [7, 11) is 1.65. The number of nitrogens with zero attached hydrogens (tertiary/aromatic N) is 2. The van der Waals surface area contributed by atoms with E-state index in [-0.39, 0.29) is 0 Å². The van der Waals surface area contributed by atoms with Crippen LogP contribution < -0.4 is 10.5 Å². The molecular weight excluding hydrogens is 242 g/mol. The summed E-state index contributed by atoms with van der Waals surface area (Å²) in [5.74, 6) is 1.29. The fourth-order valence-electron chi connectivity index (χ4n) is 2.20. The van der Waals surface area contributed by atoms with E-state index in [0.29, 0.717) is 5.82 Å². The lowest BCUT2D eigenvalue weighted by Crippen LogP contribution is -2.14. The van der Waals surface area contributed by atoms with E-state index in [1.807, 2.05) is 36.4 Å². The van der Waals surface area contributed by atoms with Crippen molar-refractivity contribution in [3.63, 3.8) is 0 Å². The van der Waals surface area contributed by atoms with Crippen LogP contribution in [0.25, 0.3) is 10.8 Å². The molecule has 0 aliphatic heterocycles. The van der Waals surface area contributed by atoms with Crippen molar-refractivity contribution in [2.24, 2.45) is 5.73 Å². The minimum Gasteiger partial charge on any atom is -0.496 e. The molecular formula is C14H13N3O2. The molecule has 3 aromatic rings. The molecule has 0 aliphatic rings. The molecule has 0 saturated heterocycles. The first-order valence-corrected chi connectivity index (χ1v) is 5.88. The van der Waals surface area contributed by atoms with Crippen molar-refractivity contribution in [1.82, 2.24) is 10.1 Å². The van der Waals surface area contributed by atoms with Gasteiger partial charge in [0.25, 0.3) is 0 Å². The van der Waals surface area contributed by atoms with Crippen LogP contribution in [0.4, 0.5) is 0 Å². The highest BCUT2D eigenvalue weighted by molar-refractivity contribution is 5.91. The molecule has 96 valence electrons. The van der Waals surface area contributed by atoms with E-state index in [4.69, 9.17) is 15.0 Å². The molecule has 0 spiro atoms.